The van der Waals surface area contributed by atoms with E-state index in [1.54, 1.807) is 0 Å². The lowest BCUT2D eigenvalue weighted by molar-refractivity contribution is -0.235. The first-order chi connectivity index (χ1) is 15.7. The Balaban J connectivity index is 1.33. The molecule has 178 valence electrons. The molecule has 0 amide bonds. The summed E-state index contributed by atoms with van der Waals surface area (Å²) in [6.07, 6.45) is 13.6. The maximum Gasteiger partial charge on any atom is 0.165 e. The second-order valence-electron chi connectivity index (χ2n) is 11.7. The van der Waals surface area contributed by atoms with E-state index in [2.05, 4.69) is 28.4 Å². The molecule has 2 aromatic heterocycles. The minimum Gasteiger partial charge on any atom is -0.383 e. The van der Waals surface area contributed by atoms with Gasteiger partial charge in [-0.25, -0.2) is 9.97 Å². The quantitative estimate of drug-likeness (QED) is 0.642. The summed E-state index contributed by atoms with van der Waals surface area (Å²) in [4.78, 5) is 8.67. The van der Waals surface area contributed by atoms with Gasteiger partial charge in [-0.05, 0) is 40.2 Å². The summed E-state index contributed by atoms with van der Waals surface area (Å²) < 4.78 is 22.2. The van der Waals surface area contributed by atoms with Gasteiger partial charge in [-0.1, -0.05) is 56.5 Å². The van der Waals surface area contributed by atoms with Crippen molar-refractivity contribution in [3.63, 3.8) is 0 Å². The zero-order valence-electron chi connectivity index (χ0n) is 20.4. The Labute approximate surface area is 196 Å². The lowest BCUT2D eigenvalue weighted by Gasteiger charge is -2.43. The molecule has 0 radical (unpaired) electrons. The first-order valence-electron chi connectivity index (χ1n) is 12.8. The lowest BCUT2D eigenvalue weighted by Crippen LogP contribution is -2.52. The van der Waals surface area contributed by atoms with Crippen molar-refractivity contribution in [2.45, 2.75) is 120 Å². The Kier molecular flexibility index (Phi) is 4.92. The smallest absolute Gasteiger partial charge is 0.165 e. The molecule has 6 heterocycles. The van der Waals surface area contributed by atoms with Gasteiger partial charge < -0.3 is 24.5 Å². The lowest BCUT2D eigenvalue weighted by atomic mass is 9.25. The van der Waals surface area contributed by atoms with Gasteiger partial charge in [-0.3, -0.25) is 0 Å². The largest absolute Gasteiger partial charge is 0.383 e. The summed E-state index contributed by atoms with van der Waals surface area (Å²) in [6.45, 7) is 9.26. The number of aromatic nitrogens is 3. The molecule has 4 aliphatic rings. The Hall–Kier alpha value is -1.64. The standard InChI is InChI=1S/C25H37BN4O3/c1-23(2)31-19-22(30-14-11-18-20(27)28-15-29-21(18)30)32-24(3,25(19,4)33-23)12-13-26-16-7-5-8-17(26)10-6-9-16/h11,14-17,19,22H,5-10,12-13H2,1-4H3,(H2,27,28,29)/t16?,17?,19-,22+,24?,25-/m0/s1. The van der Waals surface area contributed by atoms with Crippen LogP contribution in [0.3, 0.4) is 0 Å². The monoisotopic (exact) mass is 452 g/mol. The minimum absolute atomic E-state index is 0.241. The maximum atomic E-state index is 6.93. The molecule has 0 spiro atoms. The highest BCUT2D eigenvalue weighted by atomic mass is 16.8. The van der Waals surface area contributed by atoms with Crippen LogP contribution in [0.1, 0.15) is 78.9 Å². The minimum atomic E-state index is -0.666. The molecule has 2 aromatic rings. The van der Waals surface area contributed by atoms with Gasteiger partial charge in [-0.15, -0.1) is 0 Å². The number of anilines is 1. The van der Waals surface area contributed by atoms with Crippen LogP contribution in [0.4, 0.5) is 5.82 Å². The summed E-state index contributed by atoms with van der Waals surface area (Å²) in [5.41, 5.74) is 5.87. The predicted molar refractivity (Wildman–Crippen MR) is 129 cm³/mol. The van der Waals surface area contributed by atoms with Gasteiger partial charge in [0.05, 0.1) is 11.0 Å². The Morgan fingerprint density at radius 2 is 1.76 bits per heavy atom. The number of nitrogens with zero attached hydrogens (tertiary/aromatic N) is 3. The zero-order valence-corrected chi connectivity index (χ0v) is 20.4. The molecule has 4 atom stereocenters. The molecule has 4 aliphatic heterocycles. The van der Waals surface area contributed by atoms with Gasteiger partial charge in [-0.2, -0.15) is 0 Å². The van der Waals surface area contributed by atoms with Crippen LogP contribution in [0.15, 0.2) is 18.6 Å². The summed E-state index contributed by atoms with van der Waals surface area (Å²) in [7, 11) is 0. The SMILES string of the molecule is CC1(C)O[C@H]2[C@H](n3ccc4c(N)ncnc43)OC(C)(CCB3C4CCCC3CCC4)[C@@]2(C)O1. The first kappa shape index (κ1) is 21.9. The van der Waals surface area contributed by atoms with Crippen molar-refractivity contribution in [3.05, 3.63) is 18.6 Å². The molecule has 6 rings (SSSR count). The van der Waals surface area contributed by atoms with Gasteiger partial charge in [0.2, 0.25) is 0 Å². The summed E-state index contributed by atoms with van der Waals surface area (Å²) in [5, 5.41) is 0.838. The van der Waals surface area contributed by atoms with Crippen molar-refractivity contribution in [3.8, 4) is 0 Å². The van der Waals surface area contributed by atoms with Gasteiger partial charge in [0, 0.05) is 6.20 Å². The number of ether oxygens (including phenoxy) is 3. The molecule has 33 heavy (non-hydrogen) atoms. The van der Waals surface area contributed by atoms with Crippen molar-refractivity contribution < 1.29 is 14.2 Å². The molecule has 1 unspecified atom stereocenters. The highest BCUT2D eigenvalue weighted by Gasteiger charge is 2.69. The van der Waals surface area contributed by atoms with E-state index in [0.29, 0.717) is 5.82 Å². The number of rotatable bonds is 4. The highest BCUT2D eigenvalue weighted by Crippen LogP contribution is 2.58. The highest BCUT2D eigenvalue weighted by molar-refractivity contribution is 6.62. The van der Waals surface area contributed by atoms with Crippen molar-refractivity contribution >= 4 is 23.6 Å². The maximum absolute atomic E-state index is 6.93. The molecular formula is C25H37BN4O3. The Bertz CT molecular complexity index is 1040. The third kappa shape index (κ3) is 3.28. The first-order valence-corrected chi connectivity index (χ1v) is 12.8. The molecule has 8 heteroatoms. The fraction of sp³-hybridized carbons (Fsp3) is 0.760. The summed E-state index contributed by atoms with van der Waals surface area (Å²) in [5.74, 6) is 1.61. The van der Waals surface area contributed by atoms with Crippen molar-refractivity contribution in [2.75, 3.05) is 5.73 Å². The van der Waals surface area contributed by atoms with Gasteiger partial charge >= 0.3 is 0 Å². The number of nitrogen functional groups attached to an aromatic ring is 1. The Morgan fingerprint density at radius 3 is 2.45 bits per heavy atom. The van der Waals surface area contributed by atoms with E-state index in [9.17, 15) is 0 Å². The average molecular weight is 452 g/mol. The third-order valence-corrected chi connectivity index (χ3v) is 9.38. The van der Waals surface area contributed by atoms with E-state index < -0.39 is 17.0 Å². The predicted octanol–water partition coefficient (Wildman–Crippen LogP) is 5.20. The van der Waals surface area contributed by atoms with Crippen LogP contribution in [0.2, 0.25) is 18.0 Å². The zero-order chi connectivity index (χ0) is 23.0. The molecule has 7 nitrogen and oxygen atoms in total. The van der Waals surface area contributed by atoms with Crippen LogP contribution < -0.4 is 5.73 Å². The molecule has 4 fully saturated rings. The van der Waals surface area contributed by atoms with Crippen LogP contribution in [0.25, 0.3) is 11.0 Å². The van der Waals surface area contributed by atoms with E-state index in [4.69, 9.17) is 19.9 Å². The van der Waals surface area contributed by atoms with Crippen LogP contribution in [-0.4, -0.2) is 44.3 Å². The number of hydrogen-bond acceptors (Lipinski definition) is 6. The van der Waals surface area contributed by atoms with Crippen LogP contribution in [-0.2, 0) is 14.2 Å². The fourth-order valence-electron chi connectivity index (χ4n) is 7.63. The van der Waals surface area contributed by atoms with Gasteiger partial charge in [0.15, 0.2) is 12.0 Å². The molecule has 0 aromatic carbocycles. The number of fused-ring (bicyclic) bond motifs is 4. The summed E-state index contributed by atoms with van der Waals surface area (Å²) >= 11 is 0. The summed E-state index contributed by atoms with van der Waals surface area (Å²) in [6, 6.07) is 1.96. The van der Waals surface area contributed by atoms with E-state index in [-0.39, 0.29) is 12.3 Å². The average Bonchev–Trinajstić information content (AvgIpc) is 3.35. The second-order valence-corrected chi connectivity index (χ2v) is 11.7. The van der Waals surface area contributed by atoms with E-state index in [1.165, 1.54) is 51.2 Å². The van der Waals surface area contributed by atoms with Crippen LogP contribution in [0.5, 0.6) is 0 Å². The number of nitrogens with two attached hydrogens (primary N) is 1. The molecule has 4 saturated heterocycles. The molecule has 0 aliphatic carbocycles. The van der Waals surface area contributed by atoms with E-state index in [0.717, 1.165) is 35.8 Å². The van der Waals surface area contributed by atoms with Gasteiger partial charge in [0.25, 0.3) is 0 Å². The molecular weight excluding hydrogens is 415 g/mol. The topological polar surface area (TPSA) is 84.4 Å². The Morgan fingerprint density at radius 1 is 1.06 bits per heavy atom. The molecule has 2 N–H and O–H groups in total. The van der Waals surface area contributed by atoms with Crippen molar-refractivity contribution in [1.82, 2.24) is 14.5 Å². The molecule has 2 bridgehead atoms. The van der Waals surface area contributed by atoms with Crippen LogP contribution in [0, 0.1) is 0 Å². The van der Waals surface area contributed by atoms with Gasteiger partial charge in [0.1, 0.15) is 36.2 Å². The third-order valence-electron chi connectivity index (χ3n) is 9.38. The van der Waals surface area contributed by atoms with Crippen molar-refractivity contribution in [1.29, 1.82) is 0 Å². The van der Waals surface area contributed by atoms with E-state index >= 15 is 0 Å². The van der Waals surface area contributed by atoms with Crippen molar-refractivity contribution in [2.24, 2.45) is 0 Å². The normalized spacial score (nSPS) is 39.8. The number of hydrogen-bond donors (Lipinski definition) is 1. The van der Waals surface area contributed by atoms with Crippen LogP contribution >= 0.6 is 0 Å². The van der Waals surface area contributed by atoms with E-state index in [1.807, 2.05) is 26.1 Å². The second kappa shape index (κ2) is 7.43. The fourth-order valence-corrected chi connectivity index (χ4v) is 7.63. The molecule has 0 saturated carbocycles.